The van der Waals surface area contributed by atoms with E-state index in [1.807, 2.05) is 6.92 Å². The van der Waals surface area contributed by atoms with Gasteiger partial charge in [-0.1, -0.05) is 6.92 Å². The van der Waals surface area contributed by atoms with Gasteiger partial charge in [0.1, 0.15) is 6.04 Å². The number of nitrogens with two attached hydrogens (primary N) is 2. The molecule has 5 nitrogen and oxygen atoms in total. The molecule has 0 spiro atoms. The standard InChI is InChI=1S/C8H19N3O2/c1-2-11-6(4-3-5-9)7(10)8(12)13/h6-7,11H,2-5,9-10H2,1H3,(H,12,13)/t6?,7-/m0/s1. The van der Waals surface area contributed by atoms with E-state index in [-0.39, 0.29) is 6.04 Å². The minimum Gasteiger partial charge on any atom is -0.480 e. The van der Waals surface area contributed by atoms with Gasteiger partial charge in [0.15, 0.2) is 0 Å². The summed E-state index contributed by atoms with van der Waals surface area (Å²) in [5, 5.41) is 11.7. The summed E-state index contributed by atoms with van der Waals surface area (Å²) in [6.07, 6.45) is 1.50. The molecule has 2 atom stereocenters. The number of aliphatic carboxylic acids is 1. The van der Waals surface area contributed by atoms with Gasteiger partial charge in [-0.25, -0.2) is 0 Å². The fraction of sp³-hybridized carbons (Fsp3) is 0.875. The van der Waals surface area contributed by atoms with E-state index in [0.29, 0.717) is 13.0 Å². The van der Waals surface area contributed by atoms with E-state index in [4.69, 9.17) is 16.6 Å². The zero-order valence-corrected chi connectivity index (χ0v) is 7.99. The van der Waals surface area contributed by atoms with Gasteiger partial charge in [0.2, 0.25) is 0 Å². The molecule has 0 fully saturated rings. The summed E-state index contributed by atoms with van der Waals surface area (Å²) in [5.41, 5.74) is 10.8. The van der Waals surface area contributed by atoms with E-state index in [0.717, 1.165) is 13.0 Å². The second kappa shape index (κ2) is 6.82. The van der Waals surface area contributed by atoms with E-state index in [9.17, 15) is 4.79 Å². The summed E-state index contributed by atoms with van der Waals surface area (Å²) in [4.78, 5) is 10.6. The number of carboxylic acid groups (broad SMARTS) is 1. The Bertz CT molecular complexity index is 152. The van der Waals surface area contributed by atoms with Gasteiger partial charge < -0.3 is 21.9 Å². The lowest BCUT2D eigenvalue weighted by atomic mass is 10.0. The van der Waals surface area contributed by atoms with E-state index in [1.54, 1.807) is 0 Å². The van der Waals surface area contributed by atoms with E-state index < -0.39 is 12.0 Å². The predicted octanol–water partition coefficient (Wildman–Crippen LogP) is -0.885. The van der Waals surface area contributed by atoms with Crippen LogP contribution in [0.5, 0.6) is 0 Å². The molecule has 0 aliphatic heterocycles. The fourth-order valence-electron chi connectivity index (χ4n) is 1.18. The smallest absolute Gasteiger partial charge is 0.322 e. The Hall–Kier alpha value is -0.650. The summed E-state index contributed by atoms with van der Waals surface area (Å²) in [6, 6.07) is -1.02. The molecular formula is C8H19N3O2. The molecule has 0 rings (SSSR count). The number of nitrogens with one attached hydrogen (secondary N) is 1. The Balaban J connectivity index is 3.98. The van der Waals surface area contributed by atoms with Crippen LogP contribution in [0.25, 0.3) is 0 Å². The Morgan fingerprint density at radius 1 is 1.62 bits per heavy atom. The number of carbonyl (C=O) groups is 1. The van der Waals surface area contributed by atoms with Crippen LogP contribution in [-0.2, 0) is 4.79 Å². The van der Waals surface area contributed by atoms with Gasteiger partial charge in [-0.15, -0.1) is 0 Å². The Kier molecular flexibility index (Phi) is 6.48. The normalized spacial score (nSPS) is 15.3. The summed E-state index contributed by atoms with van der Waals surface area (Å²) in [6.45, 7) is 3.20. The van der Waals surface area contributed by atoms with Crippen molar-refractivity contribution >= 4 is 5.97 Å². The van der Waals surface area contributed by atoms with Gasteiger partial charge >= 0.3 is 5.97 Å². The Morgan fingerprint density at radius 2 is 2.23 bits per heavy atom. The van der Waals surface area contributed by atoms with Crippen LogP contribution in [0, 0.1) is 0 Å². The largest absolute Gasteiger partial charge is 0.480 e. The predicted molar refractivity (Wildman–Crippen MR) is 51.4 cm³/mol. The lowest BCUT2D eigenvalue weighted by Crippen LogP contribution is -2.49. The first-order valence-electron chi connectivity index (χ1n) is 4.55. The molecule has 0 saturated heterocycles. The van der Waals surface area contributed by atoms with Crippen molar-refractivity contribution in [2.75, 3.05) is 13.1 Å². The number of rotatable bonds is 7. The average Bonchev–Trinajstić information content (AvgIpc) is 2.11. The third-order valence-electron chi connectivity index (χ3n) is 1.90. The Labute approximate surface area is 78.5 Å². The van der Waals surface area contributed by atoms with E-state index in [1.165, 1.54) is 0 Å². The van der Waals surface area contributed by atoms with Crippen molar-refractivity contribution in [1.29, 1.82) is 0 Å². The van der Waals surface area contributed by atoms with E-state index >= 15 is 0 Å². The lowest BCUT2D eigenvalue weighted by Gasteiger charge is -2.21. The molecule has 0 amide bonds. The SMILES string of the molecule is CCNC(CCCN)[C@H](N)C(=O)O. The summed E-state index contributed by atoms with van der Waals surface area (Å²) in [5.74, 6) is -0.969. The van der Waals surface area contributed by atoms with Crippen LogP contribution in [0.15, 0.2) is 0 Å². The van der Waals surface area contributed by atoms with Crippen molar-refractivity contribution in [3.05, 3.63) is 0 Å². The molecule has 0 aliphatic rings. The number of hydrogen-bond acceptors (Lipinski definition) is 4. The van der Waals surface area contributed by atoms with Gasteiger partial charge in [0.25, 0.3) is 0 Å². The maximum atomic E-state index is 10.6. The molecule has 5 heteroatoms. The van der Waals surface area contributed by atoms with E-state index in [2.05, 4.69) is 5.32 Å². The molecular weight excluding hydrogens is 170 g/mol. The molecule has 0 saturated carbocycles. The quantitative estimate of drug-likeness (QED) is 0.416. The topological polar surface area (TPSA) is 101 Å². The van der Waals surface area contributed by atoms with Crippen molar-refractivity contribution in [3.63, 3.8) is 0 Å². The first kappa shape index (κ1) is 12.3. The van der Waals surface area contributed by atoms with Gasteiger partial charge in [-0.05, 0) is 25.9 Å². The zero-order valence-electron chi connectivity index (χ0n) is 7.99. The second-order valence-corrected chi connectivity index (χ2v) is 2.96. The molecule has 13 heavy (non-hydrogen) atoms. The molecule has 78 valence electrons. The van der Waals surface area contributed by atoms with Crippen LogP contribution < -0.4 is 16.8 Å². The van der Waals surface area contributed by atoms with Crippen LogP contribution >= 0.6 is 0 Å². The molecule has 0 heterocycles. The molecule has 0 radical (unpaired) electrons. The molecule has 0 aromatic heterocycles. The highest BCUT2D eigenvalue weighted by Gasteiger charge is 2.22. The molecule has 0 aliphatic carbocycles. The molecule has 0 bridgehead atoms. The summed E-state index contributed by atoms with van der Waals surface area (Å²) < 4.78 is 0. The molecule has 0 aromatic carbocycles. The van der Waals surface area contributed by atoms with Crippen molar-refractivity contribution < 1.29 is 9.90 Å². The van der Waals surface area contributed by atoms with Crippen LogP contribution in [0.1, 0.15) is 19.8 Å². The summed E-state index contributed by atoms with van der Waals surface area (Å²) in [7, 11) is 0. The highest BCUT2D eigenvalue weighted by molar-refractivity contribution is 5.74. The van der Waals surface area contributed by atoms with Crippen molar-refractivity contribution in [2.24, 2.45) is 11.5 Å². The Morgan fingerprint density at radius 3 is 2.62 bits per heavy atom. The molecule has 6 N–H and O–H groups in total. The first-order chi connectivity index (χ1) is 6.13. The number of likely N-dealkylation sites (N-methyl/N-ethyl adjacent to an activating group) is 1. The van der Waals surface area contributed by atoms with Crippen molar-refractivity contribution in [2.45, 2.75) is 31.8 Å². The highest BCUT2D eigenvalue weighted by atomic mass is 16.4. The van der Waals surface area contributed by atoms with Gasteiger partial charge in [-0.2, -0.15) is 0 Å². The third kappa shape index (κ3) is 4.82. The number of hydrogen-bond donors (Lipinski definition) is 4. The van der Waals surface area contributed by atoms with Gasteiger partial charge in [0.05, 0.1) is 0 Å². The lowest BCUT2D eigenvalue weighted by molar-refractivity contribution is -0.139. The van der Waals surface area contributed by atoms with Crippen LogP contribution in [0.3, 0.4) is 0 Å². The van der Waals surface area contributed by atoms with Crippen LogP contribution in [-0.4, -0.2) is 36.2 Å². The third-order valence-corrected chi connectivity index (χ3v) is 1.90. The average molecular weight is 189 g/mol. The maximum Gasteiger partial charge on any atom is 0.322 e. The monoisotopic (exact) mass is 189 g/mol. The fourth-order valence-corrected chi connectivity index (χ4v) is 1.18. The minimum absolute atomic E-state index is 0.175. The zero-order chi connectivity index (χ0) is 10.3. The van der Waals surface area contributed by atoms with Crippen molar-refractivity contribution in [3.8, 4) is 0 Å². The summed E-state index contributed by atoms with van der Waals surface area (Å²) >= 11 is 0. The molecule has 1 unspecified atom stereocenters. The number of carboxylic acids is 1. The first-order valence-corrected chi connectivity index (χ1v) is 4.55. The second-order valence-electron chi connectivity index (χ2n) is 2.96. The van der Waals surface area contributed by atoms with Gasteiger partial charge in [-0.3, -0.25) is 4.79 Å². The van der Waals surface area contributed by atoms with Crippen LogP contribution in [0.2, 0.25) is 0 Å². The van der Waals surface area contributed by atoms with Crippen LogP contribution in [0.4, 0.5) is 0 Å². The maximum absolute atomic E-state index is 10.6. The highest BCUT2D eigenvalue weighted by Crippen LogP contribution is 2.00. The van der Waals surface area contributed by atoms with Gasteiger partial charge in [0, 0.05) is 6.04 Å². The molecule has 0 aromatic rings. The minimum atomic E-state index is -0.969. The van der Waals surface area contributed by atoms with Crippen molar-refractivity contribution in [1.82, 2.24) is 5.32 Å².